The van der Waals surface area contributed by atoms with E-state index in [1.165, 1.54) is 11.1 Å². The molecule has 0 unspecified atom stereocenters. The van der Waals surface area contributed by atoms with Gasteiger partial charge in [-0.3, -0.25) is 0 Å². The third kappa shape index (κ3) is 3.58. The zero-order chi connectivity index (χ0) is 13.8. The number of hydrogen-bond acceptors (Lipinski definition) is 4. The second-order valence-electron chi connectivity index (χ2n) is 4.42. The predicted octanol–water partition coefficient (Wildman–Crippen LogP) is 3.92. The molecule has 19 heavy (non-hydrogen) atoms. The van der Waals surface area contributed by atoms with Gasteiger partial charge in [-0.05, 0) is 44.0 Å². The SMILES string of the molecule is CCNc1ncc(Cl)c(Nc2cc(C)cc(C)c2)n1. The van der Waals surface area contributed by atoms with Gasteiger partial charge in [0.15, 0.2) is 5.82 Å². The van der Waals surface area contributed by atoms with Gasteiger partial charge < -0.3 is 10.6 Å². The lowest BCUT2D eigenvalue weighted by Crippen LogP contribution is -2.04. The van der Waals surface area contributed by atoms with Crippen molar-refractivity contribution in [3.63, 3.8) is 0 Å². The minimum Gasteiger partial charge on any atom is -0.354 e. The molecule has 0 saturated heterocycles. The molecule has 1 aromatic carbocycles. The minimum absolute atomic E-state index is 0.501. The number of benzene rings is 1. The van der Waals surface area contributed by atoms with Crippen LogP contribution in [0.4, 0.5) is 17.5 Å². The Morgan fingerprint density at radius 3 is 2.47 bits per heavy atom. The first-order valence-electron chi connectivity index (χ1n) is 6.20. The van der Waals surface area contributed by atoms with Crippen LogP contribution in [0, 0.1) is 13.8 Å². The van der Waals surface area contributed by atoms with Crippen LogP contribution < -0.4 is 10.6 Å². The lowest BCUT2D eigenvalue weighted by atomic mass is 10.1. The number of anilines is 3. The van der Waals surface area contributed by atoms with Crippen LogP contribution in [0.1, 0.15) is 18.1 Å². The van der Waals surface area contributed by atoms with E-state index in [0.717, 1.165) is 12.2 Å². The van der Waals surface area contributed by atoms with Gasteiger partial charge >= 0.3 is 0 Å². The van der Waals surface area contributed by atoms with Crippen LogP contribution in [0.15, 0.2) is 24.4 Å². The van der Waals surface area contributed by atoms with E-state index in [1.807, 2.05) is 6.92 Å². The molecule has 4 nitrogen and oxygen atoms in total. The molecule has 0 aliphatic carbocycles. The average Bonchev–Trinajstić information content (AvgIpc) is 2.32. The number of nitrogens with one attached hydrogen (secondary N) is 2. The second kappa shape index (κ2) is 5.89. The molecule has 0 amide bonds. The van der Waals surface area contributed by atoms with Gasteiger partial charge in [-0.2, -0.15) is 4.98 Å². The molecule has 1 heterocycles. The molecule has 0 bridgehead atoms. The maximum Gasteiger partial charge on any atom is 0.224 e. The summed E-state index contributed by atoms with van der Waals surface area (Å²) in [7, 11) is 0. The quantitative estimate of drug-likeness (QED) is 0.889. The van der Waals surface area contributed by atoms with Gasteiger partial charge in [-0.25, -0.2) is 4.98 Å². The fourth-order valence-corrected chi connectivity index (χ4v) is 2.02. The van der Waals surface area contributed by atoms with Gasteiger partial charge in [-0.1, -0.05) is 17.7 Å². The summed E-state index contributed by atoms with van der Waals surface area (Å²) in [5.41, 5.74) is 3.36. The number of nitrogens with zero attached hydrogens (tertiary/aromatic N) is 2. The Balaban J connectivity index is 2.28. The van der Waals surface area contributed by atoms with Crippen molar-refractivity contribution in [3.05, 3.63) is 40.5 Å². The monoisotopic (exact) mass is 276 g/mol. The number of hydrogen-bond donors (Lipinski definition) is 2. The molecule has 0 saturated carbocycles. The topological polar surface area (TPSA) is 49.8 Å². The Morgan fingerprint density at radius 1 is 1.16 bits per heavy atom. The van der Waals surface area contributed by atoms with E-state index in [9.17, 15) is 0 Å². The van der Waals surface area contributed by atoms with Crippen molar-refractivity contribution >= 4 is 29.1 Å². The van der Waals surface area contributed by atoms with Crippen molar-refractivity contribution in [2.75, 3.05) is 17.2 Å². The molecule has 1 aromatic heterocycles. The van der Waals surface area contributed by atoms with Gasteiger partial charge in [0, 0.05) is 12.2 Å². The van der Waals surface area contributed by atoms with E-state index in [1.54, 1.807) is 6.20 Å². The van der Waals surface area contributed by atoms with Crippen LogP contribution in [0.25, 0.3) is 0 Å². The summed E-state index contributed by atoms with van der Waals surface area (Å²) in [6.07, 6.45) is 1.59. The summed E-state index contributed by atoms with van der Waals surface area (Å²) in [4.78, 5) is 8.46. The van der Waals surface area contributed by atoms with Crippen LogP contribution in [-0.4, -0.2) is 16.5 Å². The standard InChI is InChI=1S/C14H17ClN4/c1-4-16-14-17-8-12(15)13(19-14)18-11-6-9(2)5-10(3)7-11/h5-8H,4H2,1-3H3,(H2,16,17,18,19). The van der Waals surface area contributed by atoms with E-state index < -0.39 is 0 Å². The lowest BCUT2D eigenvalue weighted by molar-refractivity contribution is 1.09. The molecule has 0 atom stereocenters. The van der Waals surface area contributed by atoms with Crippen LogP contribution in [0.3, 0.4) is 0 Å². The van der Waals surface area contributed by atoms with Crippen LogP contribution in [0.2, 0.25) is 5.02 Å². The van der Waals surface area contributed by atoms with E-state index in [-0.39, 0.29) is 0 Å². The Labute approximate surface area is 118 Å². The smallest absolute Gasteiger partial charge is 0.224 e. The summed E-state index contributed by atoms with van der Waals surface area (Å²) >= 11 is 6.11. The normalized spacial score (nSPS) is 10.3. The molecular formula is C14H17ClN4. The fourth-order valence-electron chi connectivity index (χ4n) is 1.88. The number of rotatable bonds is 4. The number of aryl methyl sites for hydroxylation is 2. The summed E-state index contributed by atoms with van der Waals surface area (Å²) in [6, 6.07) is 6.23. The van der Waals surface area contributed by atoms with Crippen molar-refractivity contribution in [1.29, 1.82) is 0 Å². The highest BCUT2D eigenvalue weighted by Crippen LogP contribution is 2.24. The molecule has 2 N–H and O–H groups in total. The van der Waals surface area contributed by atoms with Crippen molar-refractivity contribution < 1.29 is 0 Å². The van der Waals surface area contributed by atoms with E-state index in [0.29, 0.717) is 16.8 Å². The van der Waals surface area contributed by atoms with Gasteiger partial charge in [-0.15, -0.1) is 0 Å². The summed E-state index contributed by atoms with van der Waals surface area (Å²) in [6.45, 7) is 6.88. The van der Waals surface area contributed by atoms with Crippen LogP contribution >= 0.6 is 11.6 Å². The largest absolute Gasteiger partial charge is 0.354 e. The third-order valence-electron chi connectivity index (χ3n) is 2.56. The van der Waals surface area contributed by atoms with Gasteiger partial charge in [0.05, 0.1) is 6.20 Å². The number of halogens is 1. The van der Waals surface area contributed by atoms with Crippen molar-refractivity contribution in [2.45, 2.75) is 20.8 Å². The molecule has 0 fully saturated rings. The maximum absolute atomic E-state index is 6.11. The van der Waals surface area contributed by atoms with Crippen LogP contribution in [0.5, 0.6) is 0 Å². The molecule has 0 radical (unpaired) electrons. The predicted molar refractivity (Wildman–Crippen MR) is 80.4 cm³/mol. The van der Waals surface area contributed by atoms with E-state index in [4.69, 9.17) is 11.6 Å². The van der Waals surface area contributed by atoms with Crippen molar-refractivity contribution in [3.8, 4) is 0 Å². The summed E-state index contributed by atoms with van der Waals surface area (Å²) < 4.78 is 0. The molecule has 2 rings (SSSR count). The fraction of sp³-hybridized carbons (Fsp3) is 0.286. The highest BCUT2D eigenvalue weighted by atomic mass is 35.5. The van der Waals surface area contributed by atoms with Crippen LogP contribution in [-0.2, 0) is 0 Å². The Bertz CT molecular complexity index is 563. The molecule has 0 spiro atoms. The first kappa shape index (κ1) is 13.6. The Morgan fingerprint density at radius 2 is 1.84 bits per heavy atom. The highest BCUT2D eigenvalue weighted by molar-refractivity contribution is 6.32. The molecule has 5 heteroatoms. The zero-order valence-corrected chi connectivity index (χ0v) is 12.0. The summed E-state index contributed by atoms with van der Waals surface area (Å²) in [5.74, 6) is 1.18. The molecule has 100 valence electrons. The third-order valence-corrected chi connectivity index (χ3v) is 2.84. The maximum atomic E-state index is 6.11. The first-order valence-corrected chi connectivity index (χ1v) is 6.58. The highest BCUT2D eigenvalue weighted by Gasteiger charge is 2.06. The number of aromatic nitrogens is 2. The molecule has 0 aliphatic heterocycles. The molecular weight excluding hydrogens is 260 g/mol. The zero-order valence-electron chi connectivity index (χ0n) is 11.3. The summed E-state index contributed by atoms with van der Waals surface area (Å²) in [5, 5.41) is 6.79. The van der Waals surface area contributed by atoms with Gasteiger partial charge in [0.1, 0.15) is 5.02 Å². The second-order valence-corrected chi connectivity index (χ2v) is 4.83. The average molecular weight is 277 g/mol. The van der Waals surface area contributed by atoms with Gasteiger partial charge in [0.25, 0.3) is 0 Å². The van der Waals surface area contributed by atoms with Crippen molar-refractivity contribution in [2.24, 2.45) is 0 Å². The van der Waals surface area contributed by atoms with E-state index in [2.05, 4.69) is 52.6 Å². The Hall–Kier alpha value is -1.81. The molecule has 0 aliphatic rings. The van der Waals surface area contributed by atoms with Gasteiger partial charge in [0.2, 0.25) is 5.95 Å². The first-order chi connectivity index (χ1) is 9.08. The van der Waals surface area contributed by atoms with E-state index >= 15 is 0 Å². The Kier molecular flexibility index (Phi) is 4.22. The van der Waals surface area contributed by atoms with Crippen molar-refractivity contribution in [1.82, 2.24) is 9.97 Å². The minimum atomic E-state index is 0.501. The lowest BCUT2D eigenvalue weighted by Gasteiger charge is -2.10. The molecule has 2 aromatic rings.